The zero-order valence-corrected chi connectivity index (χ0v) is 11.4. The van der Waals surface area contributed by atoms with Crippen LogP contribution in [0.5, 0.6) is 5.75 Å². The maximum absolute atomic E-state index is 5.70. The molecule has 0 aliphatic carbocycles. The number of hydrogen-bond donors (Lipinski definition) is 1. The van der Waals surface area contributed by atoms with Crippen LogP contribution in [0.25, 0.3) is 10.8 Å². The molecule has 3 heteroatoms. The molecule has 0 bridgehead atoms. The van der Waals surface area contributed by atoms with Gasteiger partial charge in [0.15, 0.2) is 0 Å². The van der Waals surface area contributed by atoms with Crippen LogP contribution in [0, 0.1) is 0 Å². The molecule has 0 saturated heterocycles. The Morgan fingerprint density at radius 3 is 2.79 bits per heavy atom. The number of fused-ring (bicyclic) bond motifs is 3. The molecular formula is C16H19NO2. The highest BCUT2D eigenvalue weighted by molar-refractivity contribution is 5.92. The fraction of sp³-hybridized carbons (Fsp3) is 0.375. The van der Waals surface area contributed by atoms with Gasteiger partial charge in [0.2, 0.25) is 0 Å². The van der Waals surface area contributed by atoms with Gasteiger partial charge in [-0.05, 0) is 36.0 Å². The molecule has 2 aromatic rings. The number of methoxy groups -OCH3 is 1. The second-order valence-corrected chi connectivity index (χ2v) is 4.86. The van der Waals surface area contributed by atoms with Crippen molar-refractivity contribution in [2.75, 3.05) is 27.4 Å². The van der Waals surface area contributed by atoms with E-state index >= 15 is 0 Å². The van der Waals surface area contributed by atoms with Crippen LogP contribution in [-0.2, 0) is 11.2 Å². The van der Waals surface area contributed by atoms with Crippen LogP contribution in [0.15, 0.2) is 30.3 Å². The van der Waals surface area contributed by atoms with E-state index in [0.29, 0.717) is 6.61 Å². The molecule has 1 unspecified atom stereocenters. The highest BCUT2D eigenvalue weighted by Crippen LogP contribution is 2.35. The molecule has 0 aromatic heterocycles. The molecule has 2 aromatic carbocycles. The number of hydrogen-bond acceptors (Lipinski definition) is 3. The fourth-order valence-electron chi connectivity index (χ4n) is 2.89. The van der Waals surface area contributed by atoms with Crippen LogP contribution in [0.1, 0.15) is 17.2 Å². The first-order valence-electron chi connectivity index (χ1n) is 6.68. The summed E-state index contributed by atoms with van der Waals surface area (Å²) in [6.45, 7) is 1.49. The second kappa shape index (κ2) is 5.19. The fourth-order valence-corrected chi connectivity index (χ4v) is 2.89. The molecule has 1 atom stereocenters. The van der Waals surface area contributed by atoms with E-state index in [0.717, 1.165) is 18.8 Å². The zero-order valence-electron chi connectivity index (χ0n) is 11.4. The van der Waals surface area contributed by atoms with Crippen molar-refractivity contribution in [1.29, 1.82) is 0 Å². The van der Waals surface area contributed by atoms with Crippen molar-refractivity contribution >= 4 is 10.8 Å². The van der Waals surface area contributed by atoms with E-state index in [1.165, 1.54) is 21.9 Å². The summed E-state index contributed by atoms with van der Waals surface area (Å²) >= 11 is 0. The van der Waals surface area contributed by atoms with E-state index in [2.05, 4.69) is 35.6 Å². The first-order valence-corrected chi connectivity index (χ1v) is 6.68. The second-order valence-electron chi connectivity index (χ2n) is 4.86. The zero-order chi connectivity index (χ0) is 13.2. The number of likely N-dealkylation sites (N-methyl/N-ethyl adjacent to an activating group) is 1. The monoisotopic (exact) mass is 257 g/mol. The molecule has 0 amide bonds. The third kappa shape index (κ3) is 2.09. The number of ether oxygens (including phenoxy) is 2. The predicted molar refractivity (Wildman–Crippen MR) is 76.8 cm³/mol. The van der Waals surface area contributed by atoms with E-state index in [4.69, 9.17) is 9.47 Å². The van der Waals surface area contributed by atoms with Crippen molar-refractivity contribution in [2.45, 2.75) is 12.5 Å². The topological polar surface area (TPSA) is 30.5 Å². The van der Waals surface area contributed by atoms with Gasteiger partial charge in [-0.25, -0.2) is 0 Å². The predicted octanol–water partition coefficient (Wildman–Crippen LogP) is 2.68. The molecule has 1 N–H and O–H groups in total. The largest absolute Gasteiger partial charge is 0.496 e. The number of rotatable bonds is 2. The Bertz CT molecular complexity index is 595. The average Bonchev–Trinajstić information content (AvgIpc) is 2.68. The summed E-state index contributed by atoms with van der Waals surface area (Å²) in [6, 6.07) is 10.8. The molecule has 1 aliphatic rings. The summed E-state index contributed by atoms with van der Waals surface area (Å²) in [5.41, 5.74) is 2.68. The van der Waals surface area contributed by atoms with Crippen LogP contribution in [-0.4, -0.2) is 27.4 Å². The van der Waals surface area contributed by atoms with Gasteiger partial charge in [0.25, 0.3) is 0 Å². The summed E-state index contributed by atoms with van der Waals surface area (Å²) in [4.78, 5) is 0. The van der Waals surface area contributed by atoms with Gasteiger partial charge in [0.1, 0.15) is 5.75 Å². The van der Waals surface area contributed by atoms with Gasteiger partial charge in [-0.3, -0.25) is 0 Å². The van der Waals surface area contributed by atoms with E-state index in [1.54, 1.807) is 7.11 Å². The van der Waals surface area contributed by atoms with Crippen LogP contribution >= 0.6 is 0 Å². The molecule has 19 heavy (non-hydrogen) atoms. The van der Waals surface area contributed by atoms with Gasteiger partial charge < -0.3 is 14.8 Å². The Kier molecular flexibility index (Phi) is 3.40. The van der Waals surface area contributed by atoms with Crippen molar-refractivity contribution in [1.82, 2.24) is 5.32 Å². The summed E-state index contributed by atoms with van der Waals surface area (Å²) in [6.07, 6.45) is 0.956. The van der Waals surface area contributed by atoms with Crippen LogP contribution in [0.3, 0.4) is 0 Å². The third-order valence-electron chi connectivity index (χ3n) is 3.88. The Labute approximate surface area is 113 Å². The summed E-state index contributed by atoms with van der Waals surface area (Å²) in [7, 11) is 3.71. The lowest BCUT2D eigenvalue weighted by Crippen LogP contribution is -2.21. The SMILES string of the molecule is CNC1COCCc2c1cc(OC)c1ccccc21. The van der Waals surface area contributed by atoms with Gasteiger partial charge in [-0.2, -0.15) is 0 Å². The van der Waals surface area contributed by atoms with Gasteiger partial charge in [-0.1, -0.05) is 24.3 Å². The normalized spacial score (nSPS) is 18.9. The Morgan fingerprint density at radius 1 is 1.26 bits per heavy atom. The molecule has 0 spiro atoms. The maximum Gasteiger partial charge on any atom is 0.127 e. The molecule has 0 fully saturated rings. The van der Waals surface area contributed by atoms with Crippen molar-refractivity contribution in [3.05, 3.63) is 41.5 Å². The number of nitrogens with one attached hydrogen (secondary N) is 1. The standard InChI is InChI=1S/C16H19NO2/c1-17-15-10-19-8-7-12-11-5-3-4-6-13(11)16(18-2)9-14(12)15/h3-6,9,15,17H,7-8,10H2,1-2H3. The van der Waals surface area contributed by atoms with Gasteiger partial charge >= 0.3 is 0 Å². The minimum absolute atomic E-state index is 0.232. The van der Waals surface area contributed by atoms with Crippen LogP contribution in [0.2, 0.25) is 0 Å². The van der Waals surface area contributed by atoms with Crippen molar-refractivity contribution in [3.63, 3.8) is 0 Å². The van der Waals surface area contributed by atoms with Crippen molar-refractivity contribution in [2.24, 2.45) is 0 Å². The molecule has 3 rings (SSSR count). The molecule has 100 valence electrons. The molecule has 1 aliphatic heterocycles. The van der Waals surface area contributed by atoms with E-state index in [-0.39, 0.29) is 6.04 Å². The van der Waals surface area contributed by atoms with Crippen LogP contribution < -0.4 is 10.1 Å². The lowest BCUT2D eigenvalue weighted by atomic mass is 9.93. The summed E-state index contributed by atoms with van der Waals surface area (Å²) in [5.74, 6) is 0.941. The molecular weight excluding hydrogens is 238 g/mol. The third-order valence-corrected chi connectivity index (χ3v) is 3.88. The van der Waals surface area contributed by atoms with Gasteiger partial charge in [0.05, 0.1) is 26.4 Å². The average molecular weight is 257 g/mol. The minimum atomic E-state index is 0.232. The lowest BCUT2D eigenvalue weighted by Gasteiger charge is -2.19. The van der Waals surface area contributed by atoms with Crippen molar-refractivity contribution in [3.8, 4) is 5.75 Å². The van der Waals surface area contributed by atoms with E-state index in [1.807, 2.05) is 7.05 Å². The first-order chi connectivity index (χ1) is 9.35. The van der Waals surface area contributed by atoms with Gasteiger partial charge in [-0.15, -0.1) is 0 Å². The highest BCUT2D eigenvalue weighted by Gasteiger charge is 2.21. The first kappa shape index (κ1) is 12.5. The Morgan fingerprint density at radius 2 is 2.05 bits per heavy atom. The summed E-state index contributed by atoms with van der Waals surface area (Å²) < 4.78 is 11.3. The summed E-state index contributed by atoms with van der Waals surface area (Å²) in [5, 5.41) is 5.80. The minimum Gasteiger partial charge on any atom is -0.496 e. The molecule has 1 heterocycles. The van der Waals surface area contributed by atoms with Crippen LogP contribution in [0.4, 0.5) is 0 Å². The van der Waals surface area contributed by atoms with E-state index < -0.39 is 0 Å². The van der Waals surface area contributed by atoms with E-state index in [9.17, 15) is 0 Å². The maximum atomic E-state index is 5.70. The smallest absolute Gasteiger partial charge is 0.127 e. The Hall–Kier alpha value is -1.58. The van der Waals surface area contributed by atoms with Gasteiger partial charge in [0, 0.05) is 5.39 Å². The molecule has 3 nitrogen and oxygen atoms in total. The lowest BCUT2D eigenvalue weighted by molar-refractivity contribution is 0.124. The molecule has 0 saturated carbocycles. The Balaban J connectivity index is 2.30. The highest BCUT2D eigenvalue weighted by atomic mass is 16.5. The number of benzene rings is 2. The molecule has 0 radical (unpaired) electrons. The van der Waals surface area contributed by atoms with Crippen molar-refractivity contribution < 1.29 is 9.47 Å². The quantitative estimate of drug-likeness (QED) is 0.897.